The molecule has 0 amide bonds. The third kappa shape index (κ3) is 14.0. The molecule has 376 valence electrons. The fraction of sp³-hybridized carbons (Fsp3) is 0.149. The zero-order valence-electron chi connectivity index (χ0n) is 37.3. The number of anilines is 1. The number of hydrogen-bond acceptors (Lipinski definition) is 13. The number of rotatable bonds is 6. The van der Waals surface area contributed by atoms with Gasteiger partial charge in [0.05, 0.1) is 49.8 Å². The second kappa shape index (κ2) is 24.0. The molecule has 0 heterocycles. The van der Waals surface area contributed by atoms with Crippen LogP contribution in [0.2, 0.25) is 0 Å². The Labute approximate surface area is 399 Å². The molecule has 0 saturated carbocycles. The number of phenolic OH excluding ortho intramolecular Hbond substituents is 2. The van der Waals surface area contributed by atoms with Crippen molar-refractivity contribution in [2.75, 3.05) is 25.0 Å². The van der Waals surface area contributed by atoms with Crippen molar-refractivity contribution in [1.82, 2.24) is 0 Å². The Balaban J connectivity index is 0.000000247. The van der Waals surface area contributed by atoms with Crippen molar-refractivity contribution in [3.05, 3.63) is 161 Å². The Morgan fingerprint density at radius 2 is 0.930 bits per heavy atom. The summed E-state index contributed by atoms with van der Waals surface area (Å²) >= 11 is 0. The number of carbonyl (C=O) groups is 3. The second-order valence-corrected chi connectivity index (χ2v) is 17.6. The maximum absolute atomic E-state index is 13.8. The lowest BCUT2D eigenvalue weighted by molar-refractivity contribution is -0.0462. The number of fused-ring (bicyclic) bond motifs is 3. The molecule has 0 saturated heterocycles. The highest BCUT2D eigenvalue weighted by Gasteiger charge is 2.61. The molecule has 14 nitrogen and oxygen atoms in total. The molecular weight excluding hydrogens is 1000 g/mol. The van der Waals surface area contributed by atoms with Gasteiger partial charge in [0.1, 0.15) is 11.6 Å². The number of phenols is 2. The van der Waals surface area contributed by atoms with E-state index < -0.39 is 64.0 Å². The maximum Gasteiger partial charge on any atom is 0.517 e. The molecule has 0 unspecified atom stereocenters. The van der Waals surface area contributed by atoms with E-state index in [1.54, 1.807) is 79.7 Å². The first kappa shape index (κ1) is 57.3. The highest BCUT2D eigenvalue weighted by Crippen LogP contribution is 2.38. The number of nitrogens with zero attached hydrogens (tertiary/aromatic N) is 2. The van der Waals surface area contributed by atoms with Gasteiger partial charge in [-0.3, -0.25) is 0 Å². The Bertz CT molecular complexity index is 3180. The van der Waals surface area contributed by atoms with Gasteiger partial charge in [0.2, 0.25) is 0 Å². The normalized spacial score (nSPS) is 11.1. The minimum absolute atomic E-state index is 0.185. The third-order valence-electron chi connectivity index (χ3n) is 9.16. The number of aryl methyl sites for hydroxylation is 1. The highest BCUT2D eigenvalue weighted by molar-refractivity contribution is 8.11. The van der Waals surface area contributed by atoms with Gasteiger partial charge in [-0.15, -0.1) is 3.71 Å². The Morgan fingerprint density at radius 1 is 0.549 bits per heavy atom. The van der Waals surface area contributed by atoms with E-state index >= 15 is 0 Å². The van der Waals surface area contributed by atoms with E-state index in [0.717, 1.165) is 34.4 Å². The molecule has 0 spiro atoms. The van der Waals surface area contributed by atoms with Crippen LogP contribution in [0.25, 0.3) is 32.3 Å². The van der Waals surface area contributed by atoms with Gasteiger partial charge in [-0.25, -0.2) is 23.2 Å². The fourth-order valence-corrected chi connectivity index (χ4v) is 8.49. The first-order chi connectivity index (χ1) is 33.1. The van der Waals surface area contributed by atoms with E-state index in [-0.39, 0.29) is 28.5 Å². The molecule has 7 rings (SSSR count). The monoisotopic (exact) mass is 1040 g/mol. The number of benzene rings is 7. The van der Waals surface area contributed by atoms with Crippen molar-refractivity contribution in [1.29, 1.82) is 5.26 Å². The summed E-state index contributed by atoms with van der Waals surface area (Å²) in [5.74, 6) is -2.64. The highest BCUT2D eigenvalue weighted by atomic mass is 32.3. The molecular formula is C47H38F8N2O12S2. The zero-order valence-corrected chi connectivity index (χ0v) is 39.0. The molecule has 0 atom stereocenters. The summed E-state index contributed by atoms with van der Waals surface area (Å²) in [4.78, 5) is 33.8. The minimum Gasteiger partial charge on any atom is -0.508 e. The van der Waals surface area contributed by atoms with Crippen LogP contribution in [-0.2, 0) is 34.3 Å². The quantitative estimate of drug-likeness (QED) is 0.0902. The smallest absolute Gasteiger partial charge is 0.508 e. The van der Waals surface area contributed by atoms with Crippen LogP contribution < -0.4 is 3.71 Å². The molecule has 0 aliphatic rings. The minimum atomic E-state index is -6.81. The van der Waals surface area contributed by atoms with Gasteiger partial charge in [0, 0.05) is 17.7 Å². The number of methoxy groups -OCH3 is 3. The van der Waals surface area contributed by atoms with Gasteiger partial charge in [-0.05, 0) is 101 Å². The number of carbonyl (C=O) groups excluding carboxylic acids is 3. The first-order valence-corrected chi connectivity index (χ1v) is 22.4. The van der Waals surface area contributed by atoms with Crippen molar-refractivity contribution in [2.24, 2.45) is 0 Å². The summed E-state index contributed by atoms with van der Waals surface area (Å²) < 4.78 is 159. The predicted molar refractivity (Wildman–Crippen MR) is 244 cm³/mol. The number of aromatic hydroxyl groups is 2. The van der Waals surface area contributed by atoms with Crippen molar-refractivity contribution in [3.8, 4) is 17.6 Å². The summed E-state index contributed by atoms with van der Waals surface area (Å²) in [6.07, 6.45) is 0. The predicted octanol–water partition coefficient (Wildman–Crippen LogP) is 10.6. The van der Waals surface area contributed by atoms with Crippen molar-refractivity contribution < 1.29 is 90.8 Å². The van der Waals surface area contributed by atoms with Crippen LogP contribution in [0.1, 0.15) is 43.6 Å². The summed E-state index contributed by atoms with van der Waals surface area (Å²) in [7, 11) is -9.71. The van der Waals surface area contributed by atoms with Crippen LogP contribution in [0.5, 0.6) is 11.5 Å². The topological polar surface area (TPSA) is 215 Å². The van der Waals surface area contributed by atoms with Crippen LogP contribution >= 0.6 is 0 Å². The largest absolute Gasteiger partial charge is 0.517 e. The van der Waals surface area contributed by atoms with Gasteiger partial charge < -0.3 is 24.4 Å². The summed E-state index contributed by atoms with van der Waals surface area (Å²) in [6, 6.07) is 31.6. The zero-order chi connectivity index (χ0) is 53.6. The molecule has 0 aliphatic carbocycles. The number of nitriles is 1. The molecule has 0 fully saturated rings. The summed E-state index contributed by atoms with van der Waals surface area (Å²) in [6.45, 7) is 3.12. The van der Waals surface area contributed by atoms with E-state index in [0.29, 0.717) is 39.6 Å². The molecule has 7 aromatic rings. The van der Waals surface area contributed by atoms with Crippen LogP contribution in [0.3, 0.4) is 0 Å². The molecule has 0 aromatic heterocycles. The molecule has 71 heavy (non-hydrogen) atoms. The standard InChI is InChI=1S/C13H11FO2.C12H9FO3.C12H10O3.C8H5F6NO4S2.C2H3N/c1-8-3-4-9-5-6-10(13(15)16-2)7-11(9)12(8)14;1-16-12(15)8-3-2-7-4-5-10(14)11(13)9(7)6-8;1-15-12(14)9-3-2-8-4-5-11(13)7-10(8)6-9;9-7(10,11)20(16,17)15(6-4-2-1-3-5-6)21(18,19)8(12,13)14;1-2-3/h3-7H,1-2H3;2-6,14H,1H3;2-7,13H,1H3;1-5H;1H3. The van der Waals surface area contributed by atoms with Gasteiger partial charge in [-0.1, -0.05) is 60.7 Å². The van der Waals surface area contributed by atoms with E-state index in [1.807, 2.05) is 12.1 Å². The van der Waals surface area contributed by atoms with Gasteiger partial charge >= 0.3 is 49.0 Å². The van der Waals surface area contributed by atoms with Crippen molar-refractivity contribution in [3.63, 3.8) is 0 Å². The lowest BCUT2D eigenvalue weighted by atomic mass is 10.0. The third-order valence-corrected chi connectivity index (χ3v) is 12.8. The van der Waals surface area contributed by atoms with E-state index in [1.165, 1.54) is 46.5 Å². The lowest BCUT2D eigenvalue weighted by Crippen LogP contribution is -2.49. The second-order valence-electron chi connectivity index (χ2n) is 13.8. The van der Waals surface area contributed by atoms with E-state index in [9.17, 15) is 76.6 Å². The van der Waals surface area contributed by atoms with Gasteiger partial charge in [0.25, 0.3) is 0 Å². The average molecular weight is 1040 g/mol. The van der Waals surface area contributed by atoms with Crippen LogP contribution in [0, 0.1) is 29.9 Å². The Morgan fingerprint density at radius 3 is 1.37 bits per heavy atom. The van der Waals surface area contributed by atoms with Gasteiger partial charge in [-0.2, -0.15) is 48.4 Å². The Kier molecular flexibility index (Phi) is 19.4. The number of hydrogen-bond donors (Lipinski definition) is 2. The molecule has 24 heteroatoms. The van der Waals surface area contributed by atoms with Crippen LogP contribution in [0.4, 0.5) is 40.8 Å². The number of alkyl halides is 6. The number of halogens is 8. The van der Waals surface area contributed by atoms with Crippen molar-refractivity contribution >= 4 is 76.0 Å². The SMILES string of the molecule is CC#N.COC(=O)c1ccc2ccc(C)c(F)c2c1.COC(=O)c1ccc2ccc(O)c(F)c2c1.COC(=O)c1ccc2ccc(O)cc2c1.O=S(=O)(N(c1ccccc1)S(=O)(=O)C(F)(F)F)C(F)(F)F. The summed E-state index contributed by atoms with van der Waals surface area (Å²) in [5, 5.41) is 29.7. The average Bonchev–Trinajstić information content (AvgIpc) is 3.33. The number of ether oxygens (including phenoxy) is 3. The molecule has 0 radical (unpaired) electrons. The van der Waals surface area contributed by atoms with E-state index in [2.05, 4.69) is 14.2 Å². The molecule has 2 N–H and O–H groups in total. The first-order valence-electron chi connectivity index (χ1n) is 19.5. The number of esters is 3. The van der Waals surface area contributed by atoms with Gasteiger partial charge in [0.15, 0.2) is 11.6 Å². The fourth-order valence-electron chi connectivity index (χ4n) is 5.78. The van der Waals surface area contributed by atoms with Crippen LogP contribution in [0.15, 0.2) is 127 Å². The number of sulfonamides is 2. The molecule has 0 aliphatic heterocycles. The summed E-state index contributed by atoms with van der Waals surface area (Å²) in [5.41, 5.74) is -12.1. The van der Waals surface area contributed by atoms with Crippen molar-refractivity contribution in [2.45, 2.75) is 24.9 Å². The lowest BCUT2D eigenvalue weighted by Gasteiger charge is -2.25. The Hall–Kier alpha value is -8.04. The molecule has 7 aromatic carbocycles. The molecule has 0 bridgehead atoms. The number of para-hydroxylation sites is 1. The van der Waals surface area contributed by atoms with E-state index in [4.69, 9.17) is 5.26 Å². The van der Waals surface area contributed by atoms with Crippen LogP contribution in [-0.4, -0.2) is 77.3 Å². The maximum atomic E-state index is 13.8.